The van der Waals surface area contributed by atoms with Crippen LogP contribution in [0.5, 0.6) is 5.75 Å². The summed E-state index contributed by atoms with van der Waals surface area (Å²) in [5.74, 6) is 0.942. The number of hydrogen-bond acceptors (Lipinski definition) is 13. The Morgan fingerprint density at radius 3 is 2.31 bits per heavy atom. The highest BCUT2D eigenvalue weighted by Gasteiger charge is 2.42. The van der Waals surface area contributed by atoms with Gasteiger partial charge in [0.25, 0.3) is 5.91 Å². The number of anilines is 3. The highest BCUT2D eigenvalue weighted by molar-refractivity contribution is 6.07. The SMILES string of the molecule is CC[C@@H]1C(=O)N(C)c2cnc(Cc3ccc(C(=O)CCCOCCOCCOCCCCCCC(=O)Nc4cccc5c4CN(C4CCC(=O)NC4=O)C5=O)cc3OC)nc2N1C1CCCC1.Cl. The van der Waals surface area contributed by atoms with Crippen molar-refractivity contribution in [2.75, 3.05) is 68.9 Å². The minimum atomic E-state index is -0.707. The molecule has 0 bridgehead atoms. The fourth-order valence-corrected chi connectivity index (χ4v) is 9.52. The normalized spacial score (nSPS) is 18.1. The molecule has 5 amide bonds. The van der Waals surface area contributed by atoms with Gasteiger partial charge in [-0.3, -0.25) is 34.1 Å². The minimum absolute atomic E-state index is 0. The van der Waals surface area contributed by atoms with E-state index in [4.69, 9.17) is 23.9 Å². The Hall–Kier alpha value is -5.49. The predicted octanol–water partition coefficient (Wildman–Crippen LogP) is 6.36. The van der Waals surface area contributed by atoms with Crippen LogP contribution in [0.15, 0.2) is 42.6 Å². The lowest BCUT2D eigenvalue weighted by atomic mass is 10.0. The first-order valence-electron chi connectivity index (χ1n) is 24.0. The zero-order valence-corrected chi connectivity index (χ0v) is 40.4. The summed E-state index contributed by atoms with van der Waals surface area (Å²) in [4.78, 5) is 91.2. The highest BCUT2D eigenvalue weighted by atomic mass is 35.5. The number of ketones is 1. The largest absolute Gasteiger partial charge is 0.496 e. The summed E-state index contributed by atoms with van der Waals surface area (Å²) < 4.78 is 22.7. The van der Waals surface area contributed by atoms with E-state index in [9.17, 15) is 28.8 Å². The number of benzene rings is 2. The number of nitrogens with zero attached hydrogens (tertiary/aromatic N) is 5. The zero-order chi connectivity index (χ0) is 47.3. The van der Waals surface area contributed by atoms with Crippen molar-refractivity contribution in [2.45, 2.75) is 128 Å². The van der Waals surface area contributed by atoms with E-state index in [1.807, 2.05) is 12.1 Å². The number of Topliss-reactive ketones (excluding diaryl/α,β-unsaturated/α-hetero) is 1. The summed E-state index contributed by atoms with van der Waals surface area (Å²) in [5, 5.41) is 5.25. The fourth-order valence-electron chi connectivity index (χ4n) is 9.52. The quantitative estimate of drug-likeness (QED) is 0.0541. The third kappa shape index (κ3) is 12.8. The standard InChI is InChI=1S/C50H65N7O10.ClH/c1-4-39-50(63)55(2)41-31-51-44(53-47(41)57(39)35-13-8-9-14-35)30-34-20-19-33(29-43(34)64-3)42(58)17-12-24-66-26-28-67-27-25-65-23-10-6-5-7-18-45(59)52-38-16-11-15-36-37(38)32-56(49(36)62)40-21-22-46(60)54-48(40)61;/h11,15-16,19-20,29,31,35,39-40H,4-10,12-14,17-18,21-28,30,32H2,1-3H3,(H,52,59)(H,54,60,61);1H/t39-,40?;/m1./s1. The van der Waals surface area contributed by atoms with Gasteiger partial charge in [0.15, 0.2) is 11.6 Å². The topological polar surface area (TPSA) is 199 Å². The van der Waals surface area contributed by atoms with Gasteiger partial charge in [-0.15, -0.1) is 12.4 Å². The van der Waals surface area contributed by atoms with Crippen LogP contribution in [-0.4, -0.2) is 122 Å². The van der Waals surface area contributed by atoms with Crippen LogP contribution in [0.2, 0.25) is 0 Å². The van der Waals surface area contributed by atoms with Gasteiger partial charge >= 0.3 is 0 Å². The summed E-state index contributed by atoms with van der Waals surface area (Å²) in [7, 11) is 3.40. The molecule has 68 heavy (non-hydrogen) atoms. The Balaban J connectivity index is 0.00000761. The molecule has 1 saturated carbocycles. The third-order valence-corrected chi connectivity index (χ3v) is 13.2. The Morgan fingerprint density at radius 1 is 0.868 bits per heavy atom. The monoisotopic (exact) mass is 959 g/mol. The van der Waals surface area contributed by atoms with Gasteiger partial charge in [-0.05, 0) is 63.1 Å². The van der Waals surface area contributed by atoms with Crippen LogP contribution in [0.3, 0.4) is 0 Å². The molecule has 4 heterocycles. The number of halogens is 1. The Bertz CT molecular complexity index is 2270. The Morgan fingerprint density at radius 2 is 1.59 bits per heavy atom. The van der Waals surface area contributed by atoms with Gasteiger partial charge in [-0.25, -0.2) is 9.97 Å². The van der Waals surface area contributed by atoms with Gasteiger partial charge < -0.3 is 39.0 Å². The van der Waals surface area contributed by atoms with Crippen molar-refractivity contribution < 1.29 is 47.7 Å². The molecule has 7 rings (SSSR count). The van der Waals surface area contributed by atoms with Gasteiger partial charge in [0.2, 0.25) is 23.6 Å². The van der Waals surface area contributed by atoms with Crippen molar-refractivity contribution in [1.29, 1.82) is 0 Å². The number of carbonyl (C=O) groups excluding carboxylic acids is 6. The maximum Gasteiger partial charge on any atom is 0.255 e. The second-order valence-corrected chi connectivity index (χ2v) is 17.7. The van der Waals surface area contributed by atoms with Crippen molar-refractivity contribution in [1.82, 2.24) is 20.2 Å². The molecule has 2 fully saturated rings. The molecule has 3 aromatic rings. The molecular formula is C50H66ClN7O10. The predicted molar refractivity (Wildman–Crippen MR) is 258 cm³/mol. The van der Waals surface area contributed by atoms with Crippen molar-refractivity contribution in [3.8, 4) is 5.75 Å². The van der Waals surface area contributed by atoms with E-state index in [0.717, 1.165) is 68.4 Å². The number of imide groups is 1. The van der Waals surface area contributed by atoms with Crippen LogP contribution >= 0.6 is 12.4 Å². The van der Waals surface area contributed by atoms with E-state index in [2.05, 4.69) is 27.4 Å². The zero-order valence-electron chi connectivity index (χ0n) is 39.6. The van der Waals surface area contributed by atoms with Crippen molar-refractivity contribution >= 4 is 64.9 Å². The first-order chi connectivity index (χ1) is 32.6. The molecule has 3 aliphatic heterocycles. The molecule has 2 aromatic carbocycles. The van der Waals surface area contributed by atoms with E-state index in [1.165, 1.54) is 4.90 Å². The van der Waals surface area contributed by atoms with E-state index >= 15 is 0 Å². The molecule has 0 radical (unpaired) electrons. The average Bonchev–Trinajstić information content (AvgIpc) is 3.98. The number of fused-ring (bicyclic) bond motifs is 2. The number of hydrogen-bond donors (Lipinski definition) is 2. The lowest BCUT2D eigenvalue weighted by Crippen LogP contribution is -2.55. The Labute approximate surface area is 404 Å². The number of rotatable bonds is 25. The van der Waals surface area contributed by atoms with Crippen LogP contribution in [0, 0.1) is 0 Å². The van der Waals surface area contributed by atoms with E-state index in [-0.39, 0.29) is 67.2 Å². The molecule has 368 valence electrons. The summed E-state index contributed by atoms with van der Waals surface area (Å²) in [6.07, 6.45) is 12.4. The summed E-state index contributed by atoms with van der Waals surface area (Å²) >= 11 is 0. The number of likely N-dealkylation sites (N-methyl/N-ethyl adjacent to an activating group) is 1. The molecule has 0 spiro atoms. The molecule has 18 heteroatoms. The molecule has 1 saturated heterocycles. The first-order valence-corrected chi connectivity index (χ1v) is 24.0. The molecule has 2 N–H and O–H groups in total. The molecule has 17 nitrogen and oxygen atoms in total. The highest BCUT2D eigenvalue weighted by Crippen LogP contribution is 2.40. The number of nitrogens with one attached hydrogen (secondary N) is 2. The van der Waals surface area contributed by atoms with Gasteiger partial charge in [-0.2, -0.15) is 0 Å². The first kappa shape index (κ1) is 51.9. The fraction of sp³-hybridized carbons (Fsp3) is 0.560. The molecule has 1 aliphatic carbocycles. The summed E-state index contributed by atoms with van der Waals surface area (Å²) in [5.41, 5.74) is 3.91. The molecule has 2 atom stereocenters. The van der Waals surface area contributed by atoms with Gasteiger partial charge in [0, 0.05) is 86.5 Å². The van der Waals surface area contributed by atoms with Gasteiger partial charge in [0.05, 0.1) is 39.7 Å². The average molecular weight is 961 g/mol. The second kappa shape index (κ2) is 25.2. The molecule has 1 aromatic heterocycles. The Kier molecular flexibility index (Phi) is 19.2. The van der Waals surface area contributed by atoms with E-state index in [0.29, 0.717) is 112 Å². The third-order valence-electron chi connectivity index (χ3n) is 13.2. The number of amides is 5. The van der Waals surface area contributed by atoms with Crippen LogP contribution in [0.4, 0.5) is 17.2 Å². The number of carbonyl (C=O) groups is 6. The minimum Gasteiger partial charge on any atom is -0.496 e. The van der Waals surface area contributed by atoms with Gasteiger partial charge in [-0.1, -0.05) is 50.8 Å². The van der Waals surface area contributed by atoms with Crippen LogP contribution in [0.1, 0.15) is 134 Å². The van der Waals surface area contributed by atoms with Crippen molar-refractivity contribution in [3.63, 3.8) is 0 Å². The lowest BCUT2D eigenvalue weighted by Gasteiger charge is -2.43. The summed E-state index contributed by atoms with van der Waals surface area (Å²) in [6.45, 7) is 5.08. The number of aromatic nitrogens is 2. The maximum atomic E-state index is 13.3. The number of unbranched alkanes of at least 4 members (excludes halogenated alkanes) is 3. The van der Waals surface area contributed by atoms with Crippen molar-refractivity contribution in [2.24, 2.45) is 0 Å². The molecule has 1 unspecified atom stereocenters. The summed E-state index contributed by atoms with van der Waals surface area (Å²) in [6, 6.07) is 10.0. The van der Waals surface area contributed by atoms with Gasteiger partial charge in [0.1, 0.15) is 29.3 Å². The smallest absolute Gasteiger partial charge is 0.255 e. The van der Waals surface area contributed by atoms with Crippen LogP contribution in [-0.2, 0) is 46.4 Å². The van der Waals surface area contributed by atoms with E-state index in [1.54, 1.807) is 49.5 Å². The second-order valence-electron chi connectivity index (χ2n) is 17.7. The molecular weight excluding hydrogens is 894 g/mol. The van der Waals surface area contributed by atoms with Crippen LogP contribution < -0.4 is 25.2 Å². The van der Waals surface area contributed by atoms with Crippen LogP contribution in [0.25, 0.3) is 0 Å². The number of methoxy groups -OCH3 is 1. The molecule has 4 aliphatic rings. The van der Waals surface area contributed by atoms with E-state index < -0.39 is 11.9 Å². The maximum absolute atomic E-state index is 13.3. The lowest BCUT2D eigenvalue weighted by molar-refractivity contribution is -0.137. The van der Waals surface area contributed by atoms with Crippen molar-refractivity contribution in [3.05, 3.63) is 70.7 Å². The number of ether oxygens (including phenoxy) is 4. The number of piperidine rings is 1.